The van der Waals surface area contributed by atoms with E-state index in [2.05, 4.69) is 5.32 Å². The number of fused-ring (bicyclic) bond motifs is 2. The van der Waals surface area contributed by atoms with Crippen LogP contribution in [0.15, 0.2) is 66.9 Å². The van der Waals surface area contributed by atoms with E-state index in [-0.39, 0.29) is 18.8 Å². The highest BCUT2D eigenvalue weighted by atomic mass is 19.3. The van der Waals surface area contributed by atoms with E-state index in [1.54, 1.807) is 25.3 Å². The summed E-state index contributed by atoms with van der Waals surface area (Å²) in [5.74, 6) is -4.03. The molecule has 4 atom stereocenters. The van der Waals surface area contributed by atoms with Gasteiger partial charge in [-0.3, -0.25) is 14.3 Å². The van der Waals surface area contributed by atoms with Crippen LogP contribution in [-0.4, -0.2) is 40.4 Å². The molecule has 2 amide bonds. The van der Waals surface area contributed by atoms with Gasteiger partial charge in [0, 0.05) is 23.4 Å². The third kappa shape index (κ3) is 5.96. The molecule has 1 aromatic heterocycles. The van der Waals surface area contributed by atoms with E-state index in [1.165, 1.54) is 0 Å². The maximum atomic E-state index is 13.8. The van der Waals surface area contributed by atoms with Crippen LogP contribution in [0, 0.1) is 0 Å². The van der Waals surface area contributed by atoms with Crippen LogP contribution in [0.2, 0.25) is 0 Å². The number of alkyl halides is 2. The van der Waals surface area contributed by atoms with Crippen LogP contribution in [0.5, 0.6) is 11.5 Å². The van der Waals surface area contributed by atoms with Crippen molar-refractivity contribution in [1.82, 2.24) is 15.1 Å². The van der Waals surface area contributed by atoms with Gasteiger partial charge >= 0.3 is 5.92 Å². The van der Waals surface area contributed by atoms with Crippen LogP contribution in [-0.2, 0) is 16.1 Å². The molecule has 0 saturated heterocycles. The minimum absolute atomic E-state index is 0.108. The number of nitrogens with one attached hydrogen (secondary N) is 1. The number of rotatable bonds is 9. The summed E-state index contributed by atoms with van der Waals surface area (Å²) in [4.78, 5) is 24.2. The number of ether oxygens (including phenoxy) is 3. The van der Waals surface area contributed by atoms with Gasteiger partial charge in [0.1, 0.15) is 17.6 Å². The molecule has 9 nitrogen and oxygen atoms in total. The normalized spacial score (nSPS) is 19.5. The van der Waals surface area contributed by atoms with Gasteiger partial charge in [-0.15, -0.1) is 0 Å². The number of aromatic nitrogens is 2. The smallest absolute Gasteiger partial charge is 0.321 e. The van der Waals surface area contributed by atoms with Crippen LogP contribution in [0.4, 0.5) is 8.78 Å². The Morgan fingerprint density at radius 2 is 1.95 bits per heavy atom. The van der Waals surface area contributed by atoms with Gasteiger partial charge in [0.2, 0.25) is 5.91 Å². The highest BCUT2D eigenvalue weighted by Gasteiger charge is 2.36. The Morgan fingerprint density at radius 1 is 1.14 bits per heavy atom. The molecule has 1 aliphatic carbocycles. The number of nitrogens with zero attached hydrogens (tertiary/aromatic N) is 2. The van der Waals surface area contributed by atoms with Crippen molar-refractivity contribution < 1.29 is 32.6 Å². The minimum Gasteiger partial charge on any atom is -0.484 e. The number of carbonyl (C=O) groups is 2. The van der Waals surface area contributed by atoms with Crippen LogP contribution < -0.4 is 20.5 Å². The topological polar surface area (TPSA) is 118 Å². The molecule has 2 unspecified atom stereocenters. The zero-order chi connectivity index (χ0) is 31.0. The number of nitrogens with two attached hydrogens (primary N) is 1. The van der Waals surface area contributed by atoms with Crippen LogP contribution in [0.3, 0.4) is 0 Å². The monoisotopic (exact) mass is 604 g/mol. The third-order valence-corrected chi connectivity index (χ3v) is 8.43. The van der Waals surface area contributed by atoms with E-state index in [1.807, 2.05) is 53.2 Å². The predicted octanol–water partition coefficient (Wildman–Crippen LogP) is 5.79. The third-order valence-electron chi connectivity index (χ3n) is 8.43. The Labute approximate surface area is 253 Å². The fraction of sp³-hybridized carbons (Fsp3) is 0.364. The van der Waals surface area contributed by atoms with Crippen molar-refractivity contribution in [2.45, 2.75) is 69.7 Å². The maximum absolute atomic E-state index is 13.8. The Kier molecular flexibility index (Phi) is 7.98. The summed E-state index contributed by atoms with van der Waals surface area (Å²) in [6.07, 6.45) is 3.62. The Balaban J connectivity index is 1.24. The van der Waals surface area contributed by atoms with Crippen molar-refractivity contribution in [3.63, 3.8) is 0 Å². The second-order valence-electron chi connectivity index (χ2n) is 11.6. The van der Waals surface area contributed by atoms with Crippen LogP contribution in [0.25, 0.3) is 10.9 Å². The van der Waals surface area contributed by atoms with Crippen molar-refractivity contribution in [2.75, 3.05) is 6.79 Å². The summed E-state index contributed by atoms with van der Waals surface area (Å²) in [6.45, 7) is 2.69. The number of benzene rings is 3. The Hall–Kier alpha value is -4.51. The Morgan fingerprint density at radius 3 is 2.75 bits per heavy atom. The van der Waals surface area contributed by atoms with Crippen molar-refractivity contribution in [1.29, 1.82) is 0 Å². The van der Waals surface area contributed by atoms with E-state index in [0.717, 1.165) is 41.3 Å². The van der Waals surface area contributed by atoms with Gasteiger partial charge in [0.25, 0.3) is 5.91 Å². The quantitative estimate of drug-likeness (QED) is 0.250. The van der Waals surface area contributed by atoms with Crippen LogP contribution in [0.1, 0.15) is 78.2 Å². The SMILES string of the molecule is C[C@H](NC(=O)C(C)(F)F)[C@H](Oc1ccc2c(cnn2C2CCC(c3ccccc3C(N)=O)C2)c1)c1ccc2c(c1)OCOC2. The van der Waals surface area contributed by atoms with Crippen molar-refractivity contribution in [3.05, 3.63) is 89.1 Å². The first kappa shape index (κ1) is 29.6. The van der Waals surface area contributed by atoms with Crippen molar-refractivity contribution >= 4 is 22.7 Å². The Bertz CT molecular complexity index is 1700. The molecule has 0 bridgehead atoms. The molecule has 6 rings (SSSR count). The van der Waals surface area contributed by atoms with Crippen LogP contribution >= 0.6 is 0 Å². The molecule has 2 heterocycles. The lowest BCUT2D eigenvalue weighted by Gasteiger charge is -2.28. The summed E-state index contributed by atoms with van der Waals surface area (Å²) >= 11 is 0. The van der Waals surface area contributed by atoms with Crippen molar-refractivity contribution in [2.24, 2.45) is 5.73 Å². The van der Waals surface area contributed by atoms with Gasteiger partial charge in [-0.2, -0.15) is 13.9 Å². The molecule has 1 aliphatic heterocycles. The second kappa shape index (κ2) is 11.9. The molecule has 3 aromatic carbocycles. The average molecular weight is 605 g/mol. The van der Waals surface area contributed by atoms with Gasteiger partial charge in [-0.1, -0.05) is 30.3 Å². The van der Waals surface area contributed by atoms with E-state index in [0.29, 0.717) is 36.2 Å². The van der Waals surface area contributed by atoms with Crippen molar-refractivity contribution in [3.8, 4) is 11.5 Å². The van der Waals surface area contributed by atoms with Gasteiger partial charge in [0.05, 0.1) is 30.4 Å². The first-order valence-electron chi connectivity index (χ1n) is 14.6. The summed E-state index contributed by atoms with van der Waals surface area (Å²) in [5, 5.41) is 7.94. The molecule has 11 heteroatoms. The van der Waals surface area contributed by atoms with Gasteiger partial charge in [-0.25, -0.2) is 0 Å². The standard InChI is InChI=1S/C33H34F2N4O5/c1-19(38-32(41)33(2,34)35)30(21-7-8-22-17-42-18-43-29(22)15-21)44-25-11-12-28-23(14-25)16-37-39(28)24-10-9-20(13-24)26-5-3-4-6-27(26)31(36)40/h3-8,11-12,14-16,19-20,24,30H,9-10,13,17-18H2,1-2H3,(H2,36,40)(H,38,41)/t19-,20?,24?,30-/m0/s1. The average Bonchev–Trinajstić information content (AvgIpc) is 3.66. The zero-order valence-electron chi connectivity index (χ0n) is 24.5. The second-order valence-corrected chi connectivity index (χ2v) is 11.6. The lowest BCUT2D eigenvalue weighted by molar-refractivity contribution is -0.144. The predicted molar refractivity (Wildman–Crippen MR) is 159 cm³/mol. The summed E-state index contributed by atoms with van der Waals surface area (Å²) in [6, 6.07) is 17.9. The van der Waals surface area contributed by atoms with Gasteiger partial charge in [0.15, 0.2) is 6.79 Å². The maximum Gasteiger partial charge on any atom is 0.321 e. The number of primary amides is 1. The molecule has 3 N–H and O–H groups in total. The fourth-order valence-electron chi connectivity index (χ4n) is 6.21. The molecule has 0 spiro atoms. The fourth-order valence-corrected chi connectivity index (χ4v) is 6.21. The molecule has 4 aromatic rings. The number of halogens is 2. The lowest BCUT2D eigenvalue weighted by Crippen LogP contribution is -2.46. The van der Waals surface area contributed by atoms with Gasteiger partial charge in [-0.05, 0) is 73.6 Å². The molecule has 1 saturated carbocycles. The number of amides is 2. The largest absolute Gasteiger partial charge is 0.484 e. The summed E-state index contributed by atoms with van der Waals surface area (Å²) in [5.41, 5.74) is 9.61. The molecule has 1 fully saturated rings. The molecule has 44 heavy (non-hydrogen) atoms. The molecular weight excluding hydrogens is 570 g/mol. The van der Waals surface area contributed by atoms with E-state index in [9.17, 15) is 18.4 Å². The number of hydrogen-bond donors (Lipinski definition) is 2. The van der Waals surface area contributed by atoms with E-state index < -0.39 is 29.9 Å². The minimum atomic E-state index is -3.54. The van der Waals surface area contributed by atoms with Gasteiger partial charge < -0.3 is 25.3 Å². The highest BCUT2D eigenvalue weighted by molar-refractivity contribution is 5.94. The molecule has 0 radical (unpaired) electrons. The van der Waals surface area contributed by atoms with E-state index in [4.69, 9.17) is 25.0 Å². The number of carbonyl (C=O) groups excluding carboxylic acids is 2. The zero-order valence-corrected chi connectivity index (χ0v) is 24.5. The first-order valence-corrected chi connectivity index (χ1v) is 14.6. The molecule has 230 valence electrons. The number of hydrogen-bond acceptors (Lipinski definition) is 6. The first-order chi connectivity index (χ1) is 21.1. The summed E-state index contributed by atoms with van der Waals surface area (Å²) in [7, 11) is 0. The molecular formula is C33H34F2N4O5. The molecule has 2 aliphatic rings. The summed E-state index contributed by atoms with van der Waals surface area (Å²) < 4.78 is 46.9. The lowest BCUT2D eigenvalue weighted by atomic mass is 9.92. The highest BCUT2D eigenvalue weighted by Crippen LogP contribution is 2.43. The van der Waals surface area contributed by atoms with E-state index >= 15 is 0 Å².